The lowest BCUT2D eigenvalue weighted by Crippen LogP contribution is -2.40. The molecule has 1 aromatic heterocycles. The number of nitrogens with two attached hydrogens (primary N) is 2. The van der Waals surface area contributed by atoms with Crippen molar-refractivity contribution in [3.05, 3.63) is 29.3 Å². The van der Waals surface area contributed by atoms with Crippen molar-refractivity contribution in [1.29, 1.82) is 0 Å². The van der Waals surface area contributed by atoms with E-state index < -0.39 is 25.4 Å². The zero-order valence-corrected chi connectivity index (χ0v) is 16.7. The van der Waals surface area contributed by atoms with Crippen LogP contribution in [-0.4, -0.2) is 58.9 Å². The Hall–Kier alpha value is -2.24. The molecule has 1 heterocycles. The predicted octanol–water partition coefficient (Wildman–Crippen LogP) is 1.46. The van der Waals surface area contributed by atoms with Crippen LogP contribution in [0.3, 0.4) is 0 Å². The van der Waals surface area contributed by atoms with E-state index in [1.54, 1.807) is 17.0 Å². The lowest BCUT2D eigenvalue weighted by molar-refractivity contribution is 0.0839. The summed E-state index contributed by atoms with van der Waals surface area (Å²) in [5.74, 6) is 0. The standard InChI is InChI=1S/C18H27N5O4S/c1-10-5-12(23(6-13(26)8-24)7-14(27)9-25)3-4-15(10)21-22-18-16(19)11(2)17(20)28-18/h3-5,13-14,24-27H,6-9,19-20H2,1-2H3. The van der Waals surface area contributed by atoms with E-state index in [9.17, 15) is 10.2 Å². The third-order valence-corrected chi connectivity index (χ3v) is 5.31. The van der Waals surface area contributed by atoms with Crippen molar-refractivity contribution >= 4 is 38.4 Å². The van der Waals surface area contributed by atoms with Crippen LogP contribution in [0.25, 0.3) is 0 Å². The SMILES string of the molecule is Cc1cc(N(CC(O)CO)CC(O)CO)ccc1N=Nc1sc(N)c(C)c1N. The molecule has 154 valence electrons. The van der Waals surface area contributed by atoms with Crippen molar-refractivity contribution in [3.63, 3.8) is 0 Å². The molecule has 2 unspecified atom stereocenters. The lowest BCUT2D eigenvalue weighted by atomic mass is 10.1. The summed E-state index contributed by atoms with van der Waals surface area (Å²) in [5, 5.41) is 47.4. The summed E-state index contributed by atoms with van der Waals surface area (Å²) < 4.78 is 0. The van der Waals surface area contributed by atoms with E-state index >= 15 is 0 Å². The van der Waals surface area contributed by atoms with E-state index in [0.29, 0.717) is 27.1 Å². The van der Waals surface area contributed by atoms with Gasteiger partial charge in [0.2, 0.25) is 0 Å². The quantitative estimate of drug-likeness (QED) is 0.342. The zero-order chi connectivity index (χ0) is 20.8. The van der Waals surface area contributed by atoms with Gasteiger partial charge in [-0.1, -0.05) is 11.3 Å². The van der Waals surface area contributed by atoms with Gasteiger partial charge in [-0.15, -0.1) is 10.2 Å². The number of hydrogen-bond acceptors (Lipinski definition) is 10. The first-order valence-electron chi connectivity index (χ1n) is 8.76. The van der Waals surface area contributed by atoms with E-state index in [-0.39, 0.29) is 13.1 Å². The molecule has 0 saturated heterocycles. The molecule has 2 rings (SSSR count). The van der Waals surface area contributed by atoms with Crippen molar-refractivity contribution in [2.24, 2.45) is 10.2 Å². The van der Waals surface area contributed by atoms with Gasteiger partial charge in [0, 0.05) is 24.3 Å². The lowest BCUT2D eigenvalue weighted by Gasteiger charge is -2.28. The average molecular weight is 410 g/mol. The second-order valence-corrected chi connectivity index (χ2v) is 7.59. The first kappa shape index (κ1) is 22.1. The number of thiophene rings is 1. The Balaban J connectivity index is 2.24. The first-order valence-corrected chi connectivity index (χ1v) is 9.58. The second-order valence-electron chi connectivity index (χ2n) is 6.56. The van der Waals surface area contributed by atoms with Crippen LogP contribution in [0.1, 0.15) is 11.1 Å². The molecule has 8 N–H and O–H groups in total. The Morgan fingerprint density at radius 3 is 2.11 bits per heavy atom. The number of aliphatic hydroxyl groups is 4. The molecular weight excluding hydrogens is 382 g/mol. The van der Waals surface area contributed by atoms with Crippen LogP contribution in [0.15, 0.2) is 28.4 Å². The maximum absolute atomic E-state index is 9.77. The van der Waals surface area contributed by atoms with Crippen LogP contribution in [0.4, 0.5) is 27.1 Å². The Morgan fingerprint density at radius 2 is 1.64 bits per heavy atom. The summed E-state index contributed by atoms with van der Waals surface area (Å²) in [6.45, 7) is 3.11. The van der Waals surface area contributed by atoms with Gasteiger partial charge < -0.3 is 36.8 Å². The van der Waals surface area contributed by atoms with Crippen molar-refractivity contribution in [2.75, 3.05) is 42.7 Å². The molecule has 0 bridgehead atoms. The highest BCUT2D eigenvalue weighted by molar-refractivity contribution is 7.20. The van der Waals surface area contributed by atoms with Gasteiger partial charge in [0.05, 0.1) is 41.8 Å². The number of nitrogens with zero attached hydrogens (tertiary/aromatic N) is 3. The third kappa shape index (κ3) is 5.40. The number of aryl methyl sites for hydroxylation is 1. The average Bonchev–Trinajstić information content (AvgIpc) is 2.92. The maximum Gasteiger partial charge on any atom is 0.164 e. The van der Waals surface area contributed by atoms with Gasteiger partial charge in [0.25, 0.3) is 0 Å². The van der Waals surface area contributed by atoms with Gasteiger partial charge in [0.1, 0.15) is 0 Å². The van der Waals surface area contributed by atoms with Crippen LogP contribution in [0.2, 0.25) is 0 Å². The van der Waals surface area contributed by atoms with Gasteiger partial charge in [-0.05, 0) is 37.6 Å². The number of benzene rings is 1. The number of anilines is 3. The van der Waals surface area contributed by atoms with Crippen LogP contribution >= 0.6 is 11.3 Å². The van der Waals surface area contributed by atoms with E-state index in [0.717, 1.165) is 11.1 Å². The molecule has 0 aliphatic carbocycles. The Kier molecular flexibility index (Phi) is 7.72. The normalized spacial score (nSPS) is 13.8. The Bertz CT molecular complexity index is 815. The molecule has 2 atom stereocenters. The largest absolute Gasteiger partial charge is 0.396 e. The molecule has 9 nitrogen and oxygen atoms in total. The molecule has 0 aliphatic rings. The number of azo groups is 1. The predicted molar refractivity (Wildman–Crippen MR) is 112 cm³/mol. The minimum absolute atomic E-state index is 0.109. The van der Waals surface area contributed by atoms with Gasteiger partial charge in [-0.25, -0.2) is 0 Å². The molecule has 0 fully saturated rings. The van der Waals surface area contributed by atoms with Crippen molar-refractivity contribution < 1.29 is 20.4 Å². The molecule has 0 radical (unpaired) electrons. The number of aliphatic hydroxyl groups excluding tert-OH is 4. The van der Waals surface area contributed by atoms with Crippen molar-refractivity contribution in [3.8, 4) is 0 Å². The van der Waals surface area contributed by atoms with E-state index in [1.165, 1.54) is 11.3 Å². The monoisotopic (exact) mass is 409 g/mol. The smallest absolute Gasteiger partial charge is 0.164 e. The topological polar surface area (TPSA) is 161 Å². The zero-order valence-electron chi connectivity index (χ0n) is 15.9. The summed E-state index contributed by atoms with van der Waals surface area (Å²) in [6, 6.07) is 5.37. The van der Waals surface area contributed by atoms with Gasteiger partial charge in [-0.2, -0.15) is 0 Å². The fourth-order valence-electron chi connectivity index (χ4n) is 2.56. The van der Waals surface area contributed by atoms with Crippen LogP contribution in [-0.2, 0) is 0 Å². The van der Waals surface area contributed by atoms with Crippen molar-refractivity contribution in [1.82, 2.24) is 0 Å². The molecule has 0 amide bonds. The van der Waals surface area contributed by atoms with E-state index in [2.05, 4.69) is 10.2 Å². The number of hydrogen-bond donors (Lipinski definition) is 6. The van der Waals surface area contributed by atoms with Crippen LogP contribution in [0, 0.1) is 13.8 Å². The number of rotatable bonds is 9. The minimum atomic E-state index is -0.971. The molecule has 0 aliphatic heterocycles. The highest BCUT2D eigenvalue weighted by Gasteiger charge is 2.17. The first-order chi connectivity index (χ1) is 13.3. The molecule has 28 heavy (non-hydrogen) atoms. The van der Waals surface area contributed by atoms with Crippen LogP contribution in [0.5, 0.6) is 0 Å². The highest BCUT2D eigenvalue weighted by Crippen LogP contribution is 2.40. The summed E-state index contributed by atoms with van der Waals surface area (Å²) >= 11 is 1.27. The van der Waals surface area contributed by atoms with Gasteiger partial charge in [0.15, 0.2) is 5.00 Å². The summed E-state index contributed by atoms with van der Waals surface area (Å²) in [6.07, 6.45) is -1.94. The highest BCUT2D eigenvalue weighted by atomic mass is 32.1. The Morgan fingerprint density at radius 1 is 1.04 bits per heavy atom. The van der Waals surface area contributed by atoms with Crippen LogP contribution < -0.4 is 16.4 Å². The molecule has 10 heteroatoms. The van der Waals surface area contributed by atoms with Crippen molar-refractivity contribution in [2.45, 2.75) is 26.1 Å². The molecule has 1 aromatic carbocycles. The van der Waals surface area contributed by atoms with E-state index in [1.807, 2.05) is 19.9 Å². The van der Waals surface area contributed by atoms with Gasteiger partial charge in [-0.3, -0.25) is 0 Å². The molecular formula is C18H27N5O4S. The number of nitrogen functional groups attached to an aromatic ring is 2. The molecule has 0 saturated carbocycles. The molecule has 2 aromatic rings. The third-order valence-electron chi connectivity index (χ3n) is 4.29. The summed E-state index contributed by atoms with van der Waals surface area (Å²) in [4.78, 5) is 1.69. The second kappa shape index (κ2) is 9.80. The Labute approximate surface area is 167 Å². The van der Waals surface area contributed by atoms with Gasteiger partial charge >= 0.3 is 0 Å². The minimum Gasteiger partial charge on any atom is -0.396 e. The summed E-state index contributed by atoms with van der Waals surface area (Å²) in [7, 11) is 0. The molecule has 0 spiro atoms. The fraction of sp³-hybridized carbons (Fsp3) is 0.444. The van der Waals surface area contributed by atoms with E-state index in [4.69, 9.17) is 21.7 Å². The fourth-order valence-corrected chi connectivity index (χ4v) is 3.38. The maximum atomic E-state index is 9.77. The summed E-state index contributed by atoms with van der Waals surface area (Å²) in [5.41, 5.74) is 15.3.